The molecule has 0 aliphatic carbocycles. The van der Waals surface area contributed by atoms with Gasteiger partial charge in [-0.3, -0.25) is 9.69 Å². The van der Waals surface area contributed by atoms with Gasteiger partial charge in [0.15, 0.2) is 5.17 Å². The minimum absolute atomic E-state index is 0.0105. The van der Waals surface area contributed by atoms with E-state index in [2.05, 4.69) is 31.1 Å². The van der Waals surface area contributed by atoms with Gasteiger partial charge in [-0.25, -0.2) is 0 Å². The Balaban J connectivity index is 1.51. The lowest BCUT2D eigenvalue weighted by molar-refractivity contribution is -0.115. The summed E-state index contributed by atoms with van der Waals surface area (Å²) in [5.41, 5.74) is 2.81. The molecule has 5 rings (SSSR count). The Hall–Kier alpha value is -2.90. The molecule has 0 atom stereocenters. The van der Waals surface area contributed by atoms with Gasteiger partial charge >= 0.3 is 0 Å². The second kappa shape index (κ2) is 7.50. The molecule has 1 amide bonds. The number of carbonyl (C=O) groups is 1. The highest BCUT2D eigenvalue weighted by molar-refractivity contribution is 9.10. The van der Waals surface area contributed by atoms with Crippen molar-refractivity contribution in [1.82, 2.24) is 4.98 Å². The molecular weight excluding hydrogens is 448 g/mol. The maximum absolute atomic E-state index is 12.6. The molecule has 3 aromatic carbocycles. The molecule has 5 nitrogen and oxygen atoms in total. The fourth-order valence-corrected chi connectivity index (χ4v) is 4.61. The van der Waals surface area contributed by atoms with Crippen molar-refractivity contribution >= 4 is 72.3 Å². The number of halogens is 1. The number of carbonyl (C=O) groups excluding carboxylic acids is 1. The molecule has 0 unspecified atom stereocenters. The van der Waals surface area contributed by atoms with Crippen molar-refractivity contribution in [3.05, 3.63) is 76.9 Å². The van der Waals surface area contributed by atoms with E-state index < -0.39 is 0 Å². The number of anilines is 1. The lowest BCUT2D eigenvalue weighted by Gasteiger charge is -2.17. The van der Waals surface area contributed by atoms with Crippen LogP contribution in [0.5, 0.6) is 0 Å². The first-order chi connectivity index (χ1) is 14.2. The number of rotatable bonds is 3. The molecule has 1 fully saturated rings. The Morgan fingerprint density at radius 3 is 2.86 bits per heavy atom. The highest BCUT2D eigenvalue weighted by atomic mass is 79.9. The first-order valence-corrected chi connectivity index (χ1v) is 10.8. The second-order valence-corrected chi connectivity index (χ2v) is 8.44. The van der Waals surface area contributed by atoms with Crippen LogP contribution in [0, 0.1) is 0 Å². The summed E-state index contributed by atoms with van der Waals surface area (Å²) in [5.74, 6) is 0.369. The molecule has 4 aromatic rings. The SMILES string of the molecule is O=C1CS/C(=N/N=C/c2c[nH]c3ccc(Br)cc23)N1c1cccc2ccccc12. The van der Waals surface area contributed by atoms with Crippen LogP contribution in [-0.2, 0) is 4.79 Å². The number of nitrogens with one attached hydrogen (secondary N) is 1. The lowest BCUT2D eigenvalue weighted by Crippen LogP contribution is -2.29. The summed E-state index contributed by atoms with van der Waals surface area (Å²) < 4.78 is 1.00. The van der Waals surface area contributed by atoms with Crippen molar-refractivity contribution in [2.75, 3.05) is 10.7 Å². The monoisotopic (exact) mass is 462 g/mol. The number of hydrogen-bond acceptors (Lipinski definition) is 4. The minimum Gasteiger partial charge on any atom is -0.361 e. The molecule has 7 heteroatoms. The normalized spacial score (nSPS) is 16.1. The Labute approximate surface area is 179 Å². The van der Waals surface area contributed by atoms with Crippen molar-refractivity contribution in [1.29, 1.82) is 0 Å². The van der Waals surface area contributed by atoms with Gasteiger partial charge in [0.25, 0.3) is 0 Å². The summed E-state index contributed by atoms with van der Waals surface area (Å²) in [6.45, 7) is 0. The molecular formula is C22H15BrN4OS. The number of amidine groups is 1. The van der Waals surface area contributed by atoms with Crippen LogP contribution >= 0.6 is 27.7 Å². The number of fused-ring (bicyclic) bond motifs is 2. The van der Waals surface area contributed by atoms with E-state index in [0.717, 1.165) is 37.4 Å². The van der Waals surface area contributed by atoms with E-state index in [-0.39, 0.29) is 5.91 Å². The molecule has 0 saturated carbocycles. The van der Waals surface area contributed by atoms with Crippen LogP contribution in [0.25, 0.3) is 21.7 Å². The van der Waals surface area contributed by atoms with Crippen LogP contribution in [0.4, 0.5) is 5.69 Å². The topological polar surface area (TPSA) is 60.8 Å². The molecule has 29 heavy (non-hydrogen) atoms. The number of thioether (sulfide) groups is 1. The van der Waals surface area contributed by atoms with Gasteiger partial charge in [0.05, 0.1) is 17.7 Å². The third-order valence-corrected chi connectivity index (χ3v) is 6.20. The second-order valence-electron chi connectivity index (χ2n) is 6.58. The van der Waals surface area contributed by atoms with Gasteiger partial charge in [-0.2, -0.15) is 5.10 Å². The largest absolute Gasteiger partial charge is 0.361 e. The average molecular weight is 463 g/mol. The average Bonchev–Trinajstić information content (AvgIpc) is 3.31. The van der Waals surface area contributed by atoms with E-state index in [1.165, 1.54) is 11.8 Å². The smallest absolute Gasteiger partial charge is 0.243 e. The molecule has 1 aliphatic heterocycles. The third-order valence-electron chi connectivity index (χ3n) is 4.79. The fourth-order valence-electron chi connectivity index (χ4n) is 3.44. The number of H-pyrrole nitrogens is 1. The first kappa shape index (κ1) is 18.1. The van der Waals surface area contributed by atoms with Gasteiger partial charge in [-0.1, -0.05) is 64.1 Å². The van der Waals surface area contributed by atoms with E-state index in [4.69, 9.17) is 0 Å². The van der Waals surface area contributed by atoms with Crippen LogP contribution in [-0.4, -0.2) is 28.0 Å². The van der Waals surface area contributed by atoms with Gasteiger partial charge in [-0.05, 0) is 29.7 Å². The number of hydrogen-bond donors (Lipinski definition) is 1. The van der Waals surface area contributed by atoms with E-state index in [1.54, 1.807) is 11.1 Å². The summed E-state index contributed by atoms with van der Waals surface area (Å²) >= 11 is 4.90. The minimum atomic E-state index is 0.0105. The van der Waals surface area contributed by atoms with E-state index >= 15 is 0 Å². The zero-order valence-electron chi connectivity index (χ0n) is 15.2. The van der Waals surface area contributed by atoms with Crippen molar-refractivity contribution in [2.45, 2.75) is 0 Å². The van der Waals surface area contributed by atoms with Crippen LogP contribution in [0.15, 0.2) is 81.5 Å². The molecule has 0 bridgehead atoms. The summed E-state index contributed by atoms with van der Waals surface area (Å²) in [4.78, 5) is 17.5. The fraction of sp³-hybridized carbons (Fsp3) is 0.0455. The van der Waals surface area contributed by atoms with Gasteiger partial charge in [0.1, 0.15) is 0 Å². The Morgan fingerprint density at radius 2 is 1.93 bits per heavy atom. The van der Waals surface area contributed by atoms with Crippen LogP contribution in [0.1, 0.15) is 5.56 Å². The van der Waals surface area contributed by atoms with Crippen molar-refractivity contribution in [2.24, 2.45) is 10.2 Å². The van der Waals surface area contributed by atoms with E-state index in [1.807, 2.05) is 66.9 Å². The van der Waals surface area contributed by atoms with E-state index in [9.17, 15) is 4.79 Å². The molecule has 2 heterocycles. The molecule has 1 saturated heterocycles. The number of benzene rings is 3. The zero-order chi connectivity index (χ0) is 19.8. The van der Waals surface area contributed by atoms with Crippen LogP contribution in [0.2, 0.25) is 0 Å². The van der Waals surface area contributed by atoms with Gasteiger partial charge in [0.2, 0.25) is 5.91 Å². The number of aromatic amines is 1. The highest BCUT2D eigenvalue weighted by Crippen LogP contribution is 2.32. The molecule has 0 radical (unpaired) electrons. The quantitative estimate of drug-likeness (QED) is 0.320. The van der Waals surface area contributed by atoms with Gasteiger partial charge < -0.3 is 4.98 Å². The summed E-state index contributed by atoms with van der Waals surface area (Å²) in [6, 6.07) is 20.0. The van der Waals surface area contributed by atoms with Crippen molar-refractivity contribution < 1.29 is 4.79 Å². The van der Waals surface area contributed by atoms with Gasteiger partial charge in [0, 0.05) is 32.5 Å². The lowest BCUT2D eigenvalue weighted by atomic mass is 10.1. The maximum atomic E-state index is 12.6. The molecule has 1 aromatic heterocycles. The third kappa shape index (κ3) is 3.36. The van der Waals surface area contributed by atoms with Crippen LogP contribution in [0.3, 0.4) is 0 Å². The summed E-state index contributed by atoms with van der Waals surface area (Å²) in [6.07, 6.45) is 3.61. The molecule has 142 valence electrons. The molecule has 1 aliphatic rings. The Bertz CT molecular complexity index is 1310. The summed E-state index contributed by atoms with van der Waals surface area (Å²) in [7, 11) is 0. The van der Waals surface area contributed by atoms with Crippen molar-refractivity contribution in [3.63, 3.8) is 0 Å². The van der Waals surface area contributed by atoms with Crippen LogP contribution < -0.4 is 4.90 Å². The number of aromatic nitrogens is 1. The van der Waals surface area contributed by atoms with Gasteiger partial charge in [-0.15, -0.1) is 5.10 Å². The summed E-state index contributed by atoms with van der Waals surface area (Å²) in [5, 5.41) is 12.4. The maximum Gasteiger partial charge on any atom is 0.243 e. The Morgan fingerprint density at radius 1 is 1.07 bits per heavy atom. The van der Waals surface area contributed by atoms with Crippen molar-refractivity contribution in [3.8, 4) is 0 Å². The molecule has 1 N–H and O–H groups in total. The predicted molar refractivity (Wildman–Crippen MR) is 125 cm³/mol. The standard InChI is InChI=1S/C22H15BrN4OS/c23-16-8-9-19-18(10-16)15(11-24-19)12-25-26-22-27(21(28)13-29-22)20-7-3-5-14-4-1-2-6-17(14)20/h1-12,24H,13H2/b25-12+,26-22+. The number of amides is 1. The highest BCUT2D eigenvalue weighted by Gasteiger charge is 2.30. The number of nitrogens with zero attached hydrogens (tertiary/aromatic N) is 3. The van der Waals surface area contributed by atoms with E-state index in [0.29, 0.717) is 10.9 Å². The predicted octanol–water partition coefficient (Wildman–Crippen LogP) is 5.55. The first-order valence-electron chi connectivity index (χ1n) is 9.02. The molecule has 0 spiro atoms. The zero-order valence-corrected chi connectivity index (χ0v) is 17.6. The Kier molecular flexibility index (Phi) is 4.69.